The molecule has 4 amide bonds. The highest BCUT2D eigenvalue weighted by Gasteiger charge is 2.39. The van der Waals surface area contributed by atoms with Crippen molar-refractivity contribution in [1.29, 1.82) is 0 Å². The minimum Gasteiger partial charge on any atom is -0.340 e. The van der Waals surface area contributed by atoms with Crippen LogP contribution in [0.25, 0.3) is 10.8 Å². The third-order valence-corrected chi connectivity index (χ3v) is 6.33. The summed E-state index contributed by atoms with van der Waals surface area (Å²) in [4.78, 5) is 56.7. The van der Waals surface area contributed by atoms with Gasteiger partial charge in [0.1, 0.15) is 0 Å². The van der Waals surface area contributed by atoms with Crippen LogP contribution in [0, 0.1) is 0 Å². The minimum absolute atomic E-state index is 0.330. The molecule has 2 aromatic rings. The lowest BCUT2D eigenvalue weighted by Gasteiger charge is -2.32. The summed E-state index contributed by atoms with van der Waals surface area (Å²) in [5.74, 6) is -1.46. The van der Waals surface area contributed by atoms with E-state index in [-0.39, 0.29) is 23.6 Å². The molecule has 4 rings (SSSR count). The van der Waals surface area contributed by atoms with E-state index in [0.29, 0.717) is 59.0 Å². The summed E-state index contributed by atoms with van der Waals surface area (Å²) in [6.45, 7) is 2.33. The Labute approximate surface area is 193 Å². The molecule has 174 valence electrons. The summed E-state index contributed by atoms with van der Waals surface area (Å²) in [5.41, 5.74) is 1.50. The van der Waals surface area contributed by atoms with Crippen molar-refractivity contribution >= 4 is 34.4 Å². The second-order valence-corrected chi connectivity index (χ2v) is 10.3. The molecule has 0 atom stereocenters. The normalized spacial score (nSPS) is 15.9. The van der Waals surface area contributed by atoms with Gasteiger partial charge in [-0.1, -0.05) is 0 Å². The van der Waals surface area contributed by atoms with Crippen LogP contribution in [0.2, 0.25) is 0 Å². The number of carbonyl (C=O) groups is 4. The first-order valence-corrected chi connectivity index (χ1v) is 11.4. The van der Waals surface area contributed by atoms with Gasteiger partial charge in [-0.15, -0.1) is 0 Å². The van der Waals surface area contributed by atoms with Gasteiger partial charge in [-0.2, -0.15) is 0 Å². The summed E-state index contributed by atoms with van der Waals surface area (Å²) in [6, 6.07) is 6.51. The van der Waals surface area contributed by atoms with E-state index in [1.54, 1.807) is 24.3 Å². The van der Waals surface area contributed by atoms with E-state index in [2.05, 4.69) is 21.1 Å². The zero-order chi connectivity index (χ0) is 24.1. The van der Waals surface area contributed by atoms with Crippen LogP contribution >= 0.6 is 0 Å². The molecular formula is C25H32N4O4+2. The van der Waals surface area contributed by atoms with Gasteiger partial charge in [0.2, 0.25) is 0 Å². The highest BCUT2D eigenvalue weighted by molar-refractivity contribution is 6.33. The largest absolute Gasteiger partial charge is 0.340 e. The van der Waals surface area contributed by atoms with Gasteiger partial charge in [-0.25, -0.2) is 0 Å². The zero-order valence-corrected chi connectivity index (χ0v) is 20.0. The quantitative estimate of drug-likeness (QED) is 0.472. The smallest absolute Gasteiger partial charge is 0.261 e. The first-order valence-electron chi connectivity index (χ1n) is 11.4. The third-order valence-electron chi connectivity index (χ3n) is 6.33. The maximum Gasteiger partial charge on any atom is 0.261 e. The predicted octanol–water partition coefficient (Wildman–Crippen LogP) is 0.663. The molecule has 0 saturated heterocycles. The molecule has 33 heavy (non-hydrogen) atoms. The van der Waals surface area contributed by atoms with E-state index in [0.717, 1.165) is 17.6 Å². The number of rotatable bonds is 8. The summed E-state index contributed by atoms with van der Waals surface area (Å²) >= 11 is 0. The van der Waals surface area contributed by atoms with Crippen LogP contribution in [0.4, 0.5) is 0 Å². The molecule has 8 nitrogen and oxygen atoms in total. The second kappa shape index (κ2) is 8.35. The Morgan fingerprint density at radius 3 is 1.36 bits per heavy atom. The topological polar surface area (TPSA) is 79.2 Å². The van der Waals surface area contributed by atoms with E-state index in [1.807, 2.05) is 14.1 Å². The number of nitrogens with zero attached hydrogens (tertiary/aromatic N) is 3. The lowest BCUT2D eigenvalue weighted by atomic mass is 9.86. The van der Waals surface area contributed by atoms with Gasteiger partial charge in [0, 0.05) is 59.0 Å². The standard InChI is InChI=1S/C25H31N4O4/c1-26(2)12-6-13-27-22(30)16-8-10-18-21-19(11-9-17(20(16)21)23(27)31)25(33)28(24(18)32)14-7-15-29(3,4)5/h8-11H,6-7,12-15H2,1-5H3/q+1/p+1. The van der Waals surface area contributed by atoms with Crippen molar-refractivity contribution in [1.82, 2.24) is 9.80 Å². The summed E-state index contributed by atoms with van der Waals surface area (Å²) in [6.07, 6.45) is 1.39. The molecule has 0 saturated carbocycles. The van der Waals surface area contributed by atoms with E-state index in [4.69, 9.17) is 0 Å². The highest BCUT2D eigenvalue weighted by Crippen LogP contribution is 2.37. The fraction of sp³-hybridized carbons (Fsp3) is 0.440. The van der Waals surface area contributed by atoms with Crippen LogP contribution in [-0.4, -0.2) is 99.3 Å². The summed E-state index contributed by atoms with van der Waals surface area (Å²) < 4.78 is 0.742. The molecule has 0 aromatic heterocycles. The van der Waals surface area contributed by atoms with Gasteiger partial charge in [-0.3, -0.25) is 29.0 Å². The van der Waals surface area contributed by atoms with Crippen molar-refractivity contribution in [2.75, 3.05) is 61.4 Å². The van der Waals surface area contributed by atoms with Crippen LogP contribution in [0.15, 0.2) is 24.3 Å². The fourth-order valence-corrected chi connectivity index (χ4v) is 4.67. The minimum atomic E-state index is -0.367. The lowest BCUT2D eigenvalue weighted by Crippen LogP contribution is -3.05. The Bertz CT molecular complexity index is 1110. The molecular weight excluding hydrogens is 420 g/mol. The Morgan fingerprint density at radius 2 is 1.03 bits per heavy atom. The fourth-order valence-electron chi connectivity index (χ4n) is 4.67. The molecule has 0 spiro atoms. The molecule has 8 heteroatoms. The Kier molecular flexibility index (Phi) is 5.84. The maximum absolute atomic E-state index is 13.2. The van der Waals surface area contributed by atoms with Gasteiger partial charge in [-0.05, 0) is 24.3 Å². The molecule has 2 aliphatic rings. The first-order chi connectivity index (χ1) is 15.5. The number of benzene rings is 2. The zero-order valence-electron chi connectivity index (χ0n) is 20.0. The van der Waals surface area contributed by atoms with Crippen molar-refractivity contribution in [2.45, 2.75) is 12.8 Å². The molecule has 0 radical (unpaired) electrons. The van der Waals surface area contributed by atoms with E-state index >= 15 is 0 Å². The monoisotopic (exact) mass is 452 g/mol. The van der Waals surface area contributed by atoms with Gasteiger partial charge < -0.3 is 9.38 Å². The van der Waals surface area contributed by atoms with Gasteiger partial charge >= 0.3 is 0 Å². The van der Waals surface area contributed by atoms with Crippen molar-refractivity contribution in [3.63, 3.8) is 0 Å². The van der Waals surface area contributed by atoms with Crippen LogP contribution < -0.4 is 4.90 Å². The number of imide groups is 2. The van der Waals surface area contributed by atoms with Crippen molar-refractivity contribution in [3.8, 4) is 0 Å². The van der Waals surface area contributed by atoms with E-state index in [9.17, 15) is 19.2 Å². The first kappa shape index (κ1) is 23.1. The number of hydrogen-bond acceptors (Lipinski definition) is 4. The maximum atomic E-state index is 13.2. The Hall–Kier alpha value is -3.10. The molecule has 1 N–H and O–H groups in total. The van der Waals surface area contributed by atoms with E-state index in [1.165, 1.54) is 14.7 Å². The average molecular weight is 453 g/mol. The highest BCUT2D eigenvalue weighted by atomic mass is 16.2. The number of nitrogens with one attached hydrogen (secondary N) is 1. The second-order valence-electron chi connectivity index (χ2n) is 10.3. The molecule has 0 unspecified atom stereocenters. The molecule has 0 fully saturated rings. The summed E-state index contributed by atoms with van der Waals surface area (Å²) in [5, 5.41) is 0.865. The lowest BCUT2D eigenvalue weighted by molar-refractivity contribution is -0.870. The molecule has 0 aliphatic carbocycles. The number of hydrogen-bond donors (Lipinski definition) is 1. The molecule has 2 aromatic carbocycles. The van der Waals surface area contributed by atoms with Crippen molar-refractivity contribution in [3.05, 3.63) is 46.5 Å². The SMILES string of the molecule is C[NH+](C)CCCN1C(=O)c2ccc3c4c(ccc(c24)C1=O)C(=O)N(CCC[N+](C)(C)C)C3=O. The number of amides is 4. The molecule has 0 bridgehead atoms. The van der Waals surface area contributed by atoms with Crippen LogP contribution in [-0.2, 0) is 0 Å². The van der Waals surface area contributed by atoms with Gasteiger partial charge in [0.05, 0.1) is 48.3 Å². The summed E-state index contributed by atoms with van der Waals surface area (Å²) in [7, 11) is 10.2. The Balaban J connectivity index is 1.71. The number of carbonyl (C=O) groups excluding carboxylic acids is 4. The third kappa shape index (κ3) is 4.05. The van der Waals surface area contributed by atoms with Gasteiger partial charge in [0.25, 0.3) is 23.6 Å². The number of quaternary nitrogens is 2. The average Bonchev–Trinajstić information content (AvgIpc) is 2.74. The van der Waals surface area contributed by atoms with Crippen LogP contribution in [0.5, 0.6) is 0 Å². The van der Waals surface area contributed by atoms with Gasteiger partial charge in [0.15, 0.2) is 0 Å². The Morgan fingerprint density at radius 1 is 0.667 bits per heavy atom. The molecule has 2 heterocycles. The van der Waals surface area contributed by atoms with Crippen LogP contribution in [0.1, 0.15) is 54.3 Å². The van der Waals surface area contributed by atoms with E-state index < -0.39 is 0 Å². The predicted molar refractivity (Wildman–Crippen MR) is 124 cm³/mol. The van der Waals surface area contributed by atoms with Crippen LogP contribution in [0.3, 0.4) is 0 Å². The van der Waals surface area contributed by atoms with Crippen molar-refractivity contribution < 1.29 is 28.6 Å². The molecule has 2 aliphatic heterocycles. The van der Waals surface area contributed by atoms with Crippen molar-refractivity contribution in [2.24, 2.45) is 0 Å².